The Hall–Kier alpha value is -1.63. The Bertz CT molecular complexity index is 614. The Balaban J connectivity index is 3.77. The number of amides is 1. The van der Waals surface area contributed by atoms with Crippen molar-refractivity contribution in [1.82, 2.24) is 5.32 Å². The number of carbonyl (C=O) groups excluding carboxylic acids is 2. The lowest BCUT2D eigenvalue weighted by atomic mass is 10.0. The van der Waals surface area contributed by atoms with Gasteiger partial charge in [0.25, 0.3) is 0 Å². The van der Waals surface area contributed by atoms with Gasteiger partial charge in [0.15, 0.2) is 0 Å². The normalized spacial score (nSPS) is 12.7. The first-order chi connectivity index (χ1) is 19.4. The average Bonchev–Trinajstić information content (AvgIpc) is 2.92. The van der Waals surface area contributed by atoms with E-state index in [9.17, 15) is 19.5 Å². The smallest absolute Gasteiger partial charge is 0.326 e. The molecule has 0 aliphatic rings. The first kappa shape index (κ1) is 38.4. The summed E-state index contributed by atoms with van der Waals surface area (Å²) in [5.41, 5.74) is 5.44. The van der Waals surface area contributed by atoms with Gasteiger partial charge in [-0.15, -0.1) is 0 Å². The second-order valence-corrected chi connectivity index (χ2v) is 11.6. The number of carboxylic acid groups (broad SMARTS) is 1. The number of unbranched alkanes of at least 4 members (excludes halogenated alkanes) is 16. The molecule has 40 heavy (non-hydrogen) atoms. The van der Waals surface area contributed by atoms with Gasteiger partial charge in [-0.1, -0.05) is 117 Å². The zero-order valence-electron chi connectivity index (χ0n) is 26.2. The third kappa shape index (κ3) is 25.3. The summed E-state index contributed by atoms with van der Waals surface area (Å²) in [6, 6.07) is -0.867. The maximum Gasteiger partial charge on any atom is 0.326 e. The molecule has 2 atom stereocenters. The predicted octanol–water partition coefficient (Wildman–Crippen LogP) is 8.22. The van der Waals surface area contributed by atoms with E-state index in [1.165, 1.54) is 83.5 Å². The molecule has 0 aromatic carbocycles. The van der Waals surface area contributed by atoms with E-state index in [0.29, 0.717) is 38.6 Å². The highest BCUT2D eigenvalue weighted by molar-refractivity contribution is 5.83. The average molecular weight is 569 g/mol. The van der Waals surface area contributed by atoms with E-state index in [1.54, 1.807) is 0 Å². The van der Waals surface area contributed by atoms with Gasteiger partial charge in [-0.05, 0) is 51.5 Å². The Labute approximate surface area is 246 Å². The molecule has 0 spiro atoms. The summed E-state index contributed by atoms with van der Waals surface area (Å²) in [5, 5.41) is 11.8. The molecule has 0 aromatic heterocycles. The van der Waals surface area contributed by atoms with Gasteiger partial charge in [-0.2, -0.15) is 0 Å². The monoisotopic (exact) mass is 568 g/mol. The summed E-state index contributed by atoms with van der Waals surface area (Å²) in [7, 11) is 0. The van der Waals surface area contributed by atoms with Gasteiger partial charge in [-0.3, -0.25) is 9.59 Å². The number of rotatable bonds is 30. The molecule has 2 unspecified atom stereocenters. The van der Waals surface area contributed by atoms with Crippen molar-refractivity contribution in [3.05, 3.63) is 0 Å². The number of ether oxygens (including phenoxy) is 1. The van der Waals surface area contributed by atoms with Crippen LogP contribution in [0.2, 0.25) is 0 Å². The number of esters is 1. The van der Waals surface area contributed by atoms with E-state index in [0.717, 1.165) is 44.9 Å². The number of hydrogen-bond donors (Lipinski definition) is 3. The van der Waals surface area contributed by atoms with Crippen molar-refractivity contribution in [2.45, 2.75) is 187 Å². The lowest BCUT2D eigenvalue weighted by Gasteiger charge is -2.17. The minimum Gasteiger partial charge on any atom is -0.480 e. The van der Waals surface area contributed by atoms with Crippen LogP contribution >= 0.6 is 0 Å². The van der Waals surface area contributed by atoms with Crippen LogP contribution in [0.15, 0.2) is 0 Å². The fraction of sp³-hybridized carbons (Fsp3) is 0.909. The molecular formula is C33H64N2O5. The van der Waals surface area contributed by atoms with Gasteiger partial charge in [0, 0.05) is 12.8 Å². The first-order valence-electron chi connectivity index (χ1n) is 16.9. The van der Waals surface area contributed by atoms with Gasteiger partial charge in [0.05, 0.1) is 0 Å². The van der Waals surface area contributed by atoms with E-state index < -0.39 is 12.0 Å². The highest BCUT2D eigenvalue weighted by atomic mass is 16.5. The van der Waals surface area contributed by atoms with Crippen molar-refractivity contribution in [3.63, 3.8) is 0 Å². The van der Waals surface area contributed by atoms with Crippen LogP contribution in [-0.2, 0) is 19.1 Å². The van der Waals surface area contributed by atoms with E-state index in [-0.39, 0.29) is 18.0 Å². The number of carboxylic acids is 1. The first-order valence-corrected chi connectivity index (χ1v) is 16.9. The zero-order chi connectivity index (χ0) is 29.7. The molecule has 7 nitrogen and oxygen atoms in total. The molecule has 0 fully saturated rings. The van der Waals surface area contributed by atoms with Crippen molar-refractivity contribution in [2.24, 2.45) is 5.73 Å². The Morgan fingerprint density at radius 3 is 1.62 bits per heavy atom. The van der Waals surface area contributed by atoms with Crippen molar-refractivity contribution >= 4 is 17.8 Å². The summed E-state index contributed by atoms with van der Waals surface area (Å²) in [5.74, 6) is -1.33. The summed E-state index contributed by atoms with van der Waals surface area (Å²) in [6.45, 7) is 4.78. The summed E-state index contributed by atoms with van der Waals surface area (Å²) >= 11 is 0. The molecule has 1 amide bonds. The fourth-order valence-corrected chi connectivity index (χ4v) is 5.15. The van der Waals surface area contributed by atoms with E-state index >= 15 is 0 Å². The molecule has 0 radical (unpaired) electrons. The zero-order valence-corrected chi connectivity index (χ0v) is 26.2. The van der Waals surface area contributed by atoms with Gasteiger partial charge >= 0.3 is 11.9 Å². The van der Waals surface area contributed by atoms with Crippen molar-refractivity contribution in [2.75, 3.05) is 6.54 Å². The molecular weight excluding hydrogens is 504 g/mol. The van der Waals surface area contributed by atoms with Gasteiger partial charge in [0.2, 0.25) is 5.91 Å². The van der Waals surface area contributed by atoms with Crippen LogP contribution in [0.5, 0.6) is 0 Å². The van der Waals surface area contributed by atoms with Crippen molar-refractivity contribution < 1.29 is 24.2 Å². The number of carbonyl (C=O) groups is 3. The van der Waals surface area contributed by atoms with Crippen LogP contribution in [0.1, 0.15) is 174 Å². The molecule has 0 aliphatic carbocycles. The maximum atomic E-state index is 12.3. The molecule has 236 valence electrons. The van der Waals surface area contributed by atoms with Crippen LogP contribution in [0.4, 0.5) is 0 Å². The van der Waals surface area contributed by atoms with Gasteiger partial charge in [0.1, 0.15) is 12.1 Å². The predicted molar refractivity (Wildman–Crippen MR) is 165 cm³/mol. The summed E-state index contributed by atoms with van der Waals surface area (Å²) in [6.07, 6.45) is 26.4. The lowest BCUT2D eigenvalue weighted by molar-refractivity contribution is -0.150. The van der Waals surface area contributed by atoms with Crippen LogP contribution in [0.25, 0.3) is 0 Å². The number of nitrogens with one attached hydrogen (secondary N) is 1. The molecule has 0 heterocycles. The SMILES string of the molecule is CCCCCCCCCCCCCCCCCC(=O)OC(CCC)CCCCCC(=O)NC(CCCN)C(=O)O. The third-order valence-electron chi connectivity index (χ3n) is 7.65. The van der Waals surface area contributed by atoms with Gasteiger partial charge < -0.3 is 20.9 Å². The Kier molecular flexibility index (Phi) is 27.7. The highest BCUT2D eigenvalue weighted by Crippen LogP contribution is 2.16. The second-order valence-electron chi connectivity index (χ2n) is 11.6. The third-order valence-corrected chi connectivity index (χ3v) is 7.65. The van der Waals surface area contributed by atoms with Crippen LogP contribution in [0.3, 0.4) is 0 Å². The molecule has 0 aromatic rings. The minimum atomic E-state index is -1.02. The number of aliphatic carboxylic acids is 1. The van der Waals surface area contributed by atoms with Crippen LogP contribution in [-0.4, -0.2) is 41.6 Å². The van der Waals surface area contributed by atoms with Crippen molar-refractivity contribution in [3.8, 4) is 0 Å². The van der Waals surface area contributed by atoms with E-state index in [2.05, 4.69) is 19.2 Å². The maximum absolute atomic E-state index is 12.3. The molecule has 7 heteroatoms. The van der Waals surface area contributed by atoms with Crippen molar-refractivity contribution in [1.29, 1.82) is 0 Å². The molecule has 0 bridgehead atoms. The largest absolute Gasteiger partial charge is 0.480 e. The van der Waals surface area contributed by atoms with Gasteiger partial charge in [-0.25, -0.2) is 4.79 Å². The standard InChI is InChI=1S/C33H64N2O5/c1-3-5-6-7-8-9-10-11-12-13-14-15-16-17-21-27-32(37)40-29(23-4-2)24-19-18-20-26-31(36)35-30(33(38)39)25-22-28-34/h29-30H,3-28,34H2,1-2H3,(H,35,36)(H,38,39). The molecule has 0 saturated heterocycles. The highest BCUT2D eigenvalue weighted by Gasteiger charge is 2.19. The summed E-state index contributed by atoms with van der Waals surface area (Å²) in [4.78, 5) is 35.7. The Morgan fingerprint density at radius 1 is 0.625 bits per heavy atom. The van der Waals surface area contributed by atoms with Crippen LogP contribution < -0.4 is 11.1 Å². The fourth-order valence-electron chi connectivity index (χ4n) is 5.15. The van der Waals surface area contributed by atoms with Crippen LogP contribution in [0, 0.1) is 0 Å². The molecule has 0 aliphatic heterocycles. The number of hydrogen-bond acceptors (Lipinski definition) is 5. The molecule has 0 saturated carbocycles. The quantitative estimate of drug-likeness (QED) is 0.0593. The summed E-state index contributed by atoms with van der Waals surface area (Å²) < 4.78 is 5.76. The minimum absolute atomic E-state index is 0.0460. The Morgan fingerprint density at radius 2 is 1.12 bits per heavy atom. The molecule has 0 rings (SSSR count). The second kappa shape index (κ2) is 28.9. The number of nitrogens with two attached hydrogens (primary N) is 1. The topological polar surface area (TPSA) is 119 Å². The molecule has 4 N–H and O–H groups in total. The van der Waals surface area contributed by atoms with E-state index in [1.807, 2.05) is 0 Å². The lowest BCUT2D eigenvalue weighted by Crippen LogP contribution is -2.40. The van der Waals surface area contributed by atoms with E-state index in [4.69, 9.17) is 10.5 Å².